The second-order valence-electron chi connectivity index (χ2n) is 7.73. The molecule has 0 saturated heterocycles. The van der Waals surface area contributed by atoms with Crippen molar-refractivity contribution in [3.63, 3.8) is 0 Å². The molecule has 1 aliphatic rings. The highest BCUT2D eigenvalue weighted by Crippen LogP contribution is 2.32. The molecule has 2 heterocycles. The monoisotopic (exact) mass is 466 g/mol. The average molecular weight is 466 g/mol. The molecule has 3 aromatic rings. The predicted molar refractivity (Wildman–Crippen MR) is 127 cm³/mol. The molecule has 1 aromatic heterocycles. The van der Waals surface area contributed by atoms with Crippen LogP contribution in [0.1, 0.15) is 22.3 Å². The zero-order chi connectivity index (χ0) is 24.1. The van der Waals surface area contributed by atoms with Gasteiger partial charge < -0.3 is 19.9 Å². The summed E-state index contributed by atoms with van der Waals surface area (Å²) in [5.74, 6) is 0.405. The molecular weight excluding hydrogens is 440 g/mol. The number of aromatic nitrogens is 2. The molecule has 0 aliphatic carbocycles. The van der Waals surface area contributed by atoms with Crippen LogP contribution in [0.15, 0.2) is 58.1 Å². The molecular formula is C24H26N4O6. The summed E-state index contributed by atoms with van der Waals surface area (Å²) in [5.41, 5.74) is 5.79. The Morgan fingerprint density at radius 2 is 1.85 bits per heavy atom. The number of nitrogens with one attached hydrogen (secondary N) is 1. The van der Waals surface area contributed by atoms with Crippen LogP contribution in [-0.2, 0) is 17.8 Å². The van der Waals surface area contributed by atoms with Crippen molar-refractivity contribution in [3.05, 3.63) is 80.5 Å². The lowest BCUT2D eigenvalue weighted by atomic mass is 10.1. The van der Waals surface area contributed by atoms with Gasteiger partial charge in [0.1, 0.15) is 5.82 Å². The van der Waals surface area contributed by atoms with Gasteiger partial charge in [0, 0.05) is 19.1 Å². The predicted octanol–water partition coefficient (Wildman–Crippen LogP) is 1.77. The number of nitrogen functional groups attached to an aromatic ring is 1. The fraction of sp³-hybridized carbons (Fsp3) is 0.292. The number of carbonyl (C=O) groups excluding carboxylic acids is 1. The molecule has 10 nitrogen and oxygen atoms in total. The summed E-state index contributed by atoms with van der Waals surface area (Å²) < 4.78 is 17.6. The van der Waals surface area contributed by atoms with E-state index < -0.39 is 17.2 Å². The third-order valence-corrected chi connectivity index (χ3v) is 5.43. The first kappa shape index (κ1) is 23.1. The first-order chi connectivity index (χ1) is 16.5. The fourth-order valence-corrected chi connectivity index (χ4v) is 3.71. The smallest absolute Gasteiger partial charge is 0.330 e. The number of nitrogens with zero attached hydrogens (tertiary/aromatic N) is 2. The molecule has 1 aliphatic heterocycles. The first-order valence-corrected chi connectivity index (χ1v) is 10.9. The van der Waals surface area contributed by atoms with Crippen molar-refractivity contribution in [2.45, 2.75) is 19.5 Å². The lowest BCUT2D eigenvalue weighted by molar-refractivity contribution is 0.0984. The number of carbonyl (C=O) groups is 1. The Labute approximate surface area is 195 Å². The zero-order valence-corrected chi connectivity index (χ0v) is 18.8. The van der Waals surface area contributed by atoms with E-state index in [2.05, 4.69) is 4.98 Å². The molecule has 0 fully saturated rings. The highest BCUT2D eigenvalue weighted by atomic mass is 16.5. The third kappa shape index (κ3) is 4.81. The number of fused-ring (bicyclic) bond motifs is 1. The summed E-state index contributed by atoms with van der Waals surface area (Å²) in [7, 11) is 1.49. The number of aromatic amines is 1. The lowest BCUT2D eigenvalue weighted by Gasteiger charge is -2.25. The van der Waals surface area contributed by atoms with Crippen LogP contribution in [0, 0.1) is 0 Å². The van der Waals surface area contributed by atoms with E-state index in [0.717, 1.165) is 12.0 Å². The van der Waals surface area contributed by atoms with Crippen LogP contribution in [-0.4, -0.2) is 42.4 Å². The van der Waals surface area contributed by atoms with Crippen LogP contribution >= 0.6 is 0 Å². The van der Waals surface area contributed by atoms with Crippen LogP contribution in [0.3, 0.4) is 0 Å². The molecule has 0 unspecified atom stereocenters. The molecule has 2 aromatic carbocycles. The van der Waals surface area contributed by atoms with E-state index in [9.17, 15) is 14.4 Å². The molecule has 0 atom stereocenters. The standard InChI is InChI=1S/C24H26N4O6/c1-32-13-10-27-21(25)20(22(29)26-24(27)31)28(15-16-6-3-2-4-7-16)23(30)17-8-9-18-19(14-17)34-12-5-11-33-18/h2-4,6-9,14H,5,10-13,15,25H2,1H3,(H,26,29,31). The minimum absolute atomic E-state index is 0.0594. The number of hydrogen-bond acceptors (Lipinski definition) is 7. The van der Waals surface area contributed by atoms with Gasteiger partial charge in [0.25, 0.3) is 11.5 Å². The molecule has 10 heteroatoms. The van der Waals surface area contributed by atoms with E-state index in [1.165, 1.54) is 16.6 Å². The van der Waals surface area contributed by atoms with Gasteiger partial charge in [-0.3, -0.25) is 24.0 Å². The number of rotatable bonds is 7. The maximum Gasteiger partial charge on any atom is 0.330 e. The number of hydrogen-bond donors (Lipinski definition) is 2. The lowest BCUT2D eigenvalue weighted by Crippen LogP contribution is -2.41. The van der Waals surface area contributed by atoms with Crippen molar-refractivity contribution in [2.24, 2.45) is 0 Å². The SMILES string of the molecule is COCCn1c(N)c(N(Cc2ccccc2)C(=O)c2ccc3c(c2)OCCCO3)c(=O)[nH]c1=O. The normalized spacial score (nSPS) is 12.7. The van der Waals surface area contributed by atoms with E-state index in [4.69, 9.17) is 19.9 Å². The highest BCUT2D eigenvalue weighted by molar-refractivity contribution is 6.07. The Hall–Kier alpha value is -4.05. The highest BCUT2D eigenvalue weighted by Gasteiger charge is 2.26. The molecule has 0 saturated carbocycles. The summed E-state index contributed by atoms with van der Waals surface area (Å²) in [6, 6.07) is 14.1. The van der Waals surface area contributed by atoms with Gasteiger partial charge in [-0.25, -0.2) is 4.79 Å². The summed E-state index contributed by atoms with van der Waals surface area (Å²) in [4.78, 5) is 42.6. The van der Waals surface area contributed by atoms with Gasteiger partial charge in [-0.1, -0.05) is 30.3 Å². The molecule has 34 heavy (non-hydrogen) atoms. The van der Waals surface area contributed by atoms with Crippen molar-refractivity contribution in [1.82, 2.24) is 9.55 Å². The van der Waals surface area contributed by atoms with E-state index in [1.807, 2.05) is 30.3 Å². The Morgan fingerprint density at radius 3 is 2.59 bits per heavy atom. The average Bonchev–Trinajstić information content (AvgIpc) is 3.08. The van der Waals surface area contributed by atoms with Gasteiger partial charge >= 0.3 is 5.69 Å². The Balaban J connectivity index is 1.81. The van der Waals surface area contributed by atoms with Gasteiger partial charge in [0.2, 0.25) is 0 Å². The molecule has 178 valence electrons. The molecule has 0 radical (unpaired) electrons. The van der Waals surface area contributed by atoms with Crippen LogP contribution < -0.4 is 31.4 Å². The van der Waals surface area contributed by atoms with E-state index in [-0.39, 0.29) is 36.8 Å². The maximum absolute atomic E-state index is 13.7. The van der Waals surface area contributed by atoms with Crippen LogP contribution in [0.25, 0.3) is 0 Å². The molecule has 0 bridgehead atoms. The number of benzene rings is 2. The van der Waals surface area contributed by atoms with Gasteiger partial charge in [-0.05, 0) is 23.8 Å². The number of nitrogens with two attached hydrogens (primary N) is 1. The number of ether oxygens (including phenoxy) is 3. The summed E-state index contributed by atoms with van der Waals surface area (Å²) in [6.45, 7) is 1.36. The third-order valence-electron chi connectivity index (χ3n) is 5.43. The van der Waals surface area contributed by atoms with E-state index in [0.29, 0.717) is 24.7 Å². The Morgan fingerprint density at radius 1 is 1.12 bits per heavy atom. The van der Waals surface area contributed by atoms with Crippen molar-refractivity contribution in [3.8, 4) is 11.5 Å². The van der Waals surface area contributed by atoms with E-state index in [1.54, 1.807) is 18.2 Å². The van der Waals surface area contributed by atoms with Crippen LogP contribution in [0.5, 0.6) is 11.5 Å². The number of amides is 1. The van der Waals surface area contributed by atoms with Gasteiger partial charge in [-0.2, -0.15) is 0 Å². The second kappa shape index (κ2) is 10.3. The largest absolute Gasteiger partial charge is 0.490 e. The topological polar surface area (TPSA) is 129 Å². The minimum Gasteiger partial charge on any atom is -0.490 e. The summed E-state index contributed by atoms with van der Waals surface area (Å²) in [5, 5.41) is 0. The number of anilines is 2. The van der Waals surface area contributed by atoms with Crippen molar-refractivity contribution < 1.29 is 19.0 Å². The van der Waals surface area contributed by atoms with Crippen LogP contribution in [0.4, 0.5) is 11.5 Å². The van der Waals surface area contributed by atoms with Crippen LogP contribution in [0.2, 0.25) is 0 Å². The van der Waals surface area contributed by atoms with Crippen molar-refractivity contribution in [2.75, 3.05) is 37.6 Å². The number of methoxy groups -OCH3 is 1. The summed E-state index contributed by atoms with van der Waals surface area (Å²) >= 11 is 0. The Bertz CT molecular complexity index is 1280. The molecule has 1 amide bonds. The second-order valence-corrected chi connectivity index (χ2v) is 7.73. The van der Waals surface area contributed by atoms with Gasteiger partial charge in [0.15, 0.2) is 17.2 Å². The first-order valence-electron chi connectivity index (χ1n) is 10.9. The van der Waals surface area contributed by atoms with Gasteiger partial charge in [-0.15, -0.1) is 0 Å². The maximum atomic E-state index is 13.7. The zero-order valence-electron chi connectivity index (χ0n) is 18.8. The molecule has 3 N–H and O–H groups in total. The fourth-order valence-electron chi connectivity index (χ4n) is 3.71. The van der Waals surface area contributed by atoms with E-state index >= 15 is 0 Å². The molecule has 0 spiro atoms. The minimum atomic E-state index is -0.755. The van der Waals surface area contributed by atoms with Gasteiger partial charge in [0.05, 0.1) is 32.9 Å². The van der Waals surface area contributed by atoms with Crippen molar-refractivity contribution >= 4 is 17.4 Å². The van der Waals surface area contributed by atoms with Crippen molar-refractivity contribution in [1.29, 1.82) is 0 Å². The summed E-state index contributed by atoms with van der Waals surface area (Å²) in [6.07, 6.45) is 0.729. The Kier molecular flexibility index (Phi) is 6.98. The quantitative estimate of drug-likeness (QED) is 0.543. The molecule has 4 rings (SSSR count). The number of H-pyrrole nitrogens is 1.